The molecule has 5 nitrogen and oxygen atoms in total. The first-order valence-corrected chi connectivity index (χ1v) is 8.60. The number of hydrogen-bond acceptors (Lipinski definition) is 4. The predicted octanol–water partition coefficient (Wildman–Crippen LogP) is 2.13. The molecule has 0 heterocycles. The van der Waals surface area contributed by atoms with Crippen LogP contribution in [0, 0.1) is 5.92 Å². The Hall–Kier alpha value is -1.11. The fourth-order valence-electron chi connectivity index (χ4n) is 1.49. The third-order valence-corrected chi connectivity index (χ3v) is 4.23. The van der Waals surface area contributed by atoms with E-state index < -0.39 is 15.6 Å². The molecule has 6 heteroatoms. The minimum absolute atomic E-state index is 0.183. The second kappa shape index (κ2) is 7.24. The van der Waals surface area contributed by atoms with E-state index in [1.54, 1.807) is 26.0 Å². The van der Waals surface area contributed by atoms with E-state index in [4.69, 9.17) is 10.5 Å². The first-order chi connectivity index (χ1) is 9.60. The molecule has 0 atom stereocenters. The highest BCUT2D eigenvalue weighted by atomic mass is 32.2. The second-order valence-corrected chi connectivity index (χ2v) is 8.08. The molecule has 0 saturated heterocycles. The molecule has 0 aliphatic rings. The highest BCUT2D eigenvalue weighted by Gasteiger charge is 2.18. The molecule has 1 rings (SSSR count). The molecule has 1 aromatic rings. The number of sulfonamides is 1. The van der Waals surface area contributed by atoms with E-state index in [-0.39, 0.29) is 11.4 Å². The van der Waals surface area contributed by atoms with Crippen LogP contribution in [0.15, 0.2) is 29.2 Å². The van der Waals surface area contributed by atoms with Gasteiger partial charge in [-0.25, -0.2) is 13.1 Å². The van der Waals surface area contributed by atoms with Crippen LogP contribution in [0.25, 0.3) is 0 Å². The molecule has 0 saturated carbocycles. The van der Waals surface area contributed by atoms with E-state index >= 15 is 0 Å². The topological polar surface area (TPSA) is 81.4 Å². The highest BCUT2D eigenvalue weighted by Crippen LogP contribution is 2.16. The van der Waals surface area contributed by atoms with E-state index in [0.29, 0.717) is 18.3 Å². The number of nitrogens with two attached hydrogens (primary N) is 1. The van der Waals surface area contributed by atoms with Crippen LogP contribution in [0.5, 0.6) is 5.75 Å². The van der Waals surface area contributed by atoms with Crippen LogP contribution in [0.1, 0.15) is 34.1 Å². The van der Waals surface area contributed by atoms with Crippen LogP contribution in [-0.4, -0.2) is 27.1 Å². The van der Waals surface area contributed by atoms with Gasteiger partial charge in [-0.15, -0.1) is 0 Å². The van der Waals surface area contributed by atoms with E-state index in [0.717, 1.165) is 6.42 Å². The third kappa shape index (κ3) is 6.93. The van der Waals surface area contributed by atoms with Crippen molar-refractivity contribution >= 4 is 10.0 Å². The van der Waals surface area contributed by atoms with Crippen molar-refractivity contribution < 1.29 is 13.2 Å². The van der Waals surface area contributed by atoms with Gasteiger partial charge in [-0.2, -0.15) is 0 Å². The molecule has 21 heavy (non-hydrogen) atoms. The number of rotatable bonds is 8. The summed E-state index contributed by atoms with van der Waals surface area (Å²) in [6.45, 7) is 8.60. The van der Waals surface area contributed by atoms with Gasteiger partial charge in [0.15, 0.2) is 0 Å². The average Bonchev–Trinajstić information content (AvgIpc) is 2.36. The minimum Gasteiger partial charge on any atom is -0.494 e. The quantitative estimate of drug-likeness (QED) is 0.770. The van der Waals surface area contributed by atoms with Gasteiger partial charge in [0.1, 0.15) is 5.75 Å². The van der Waals surface area contributed by atoms with Crippen molar-refractivity contribution in [2.75, 3.05) is 13.2 Å². The van der Waals surface area contributed by atoms with Crippen molar-refractivity contribution in [3.05, 3.63) is 24.3 Å². The zero-order valence-corrected chi connectivity index (χ0v) is 14.0. The summed E-state index contributed by atoms with van der Waals surface area (Å²) in [5.74, 6) is 1.25. The smallest absolute Gasteiger partial charge is 0.240 e. The predicted molar refractivity (Wildman–Crippen MR) is 84.8 cm³/mol. The van der Waals surface area contributed by atoms with Crippen molar-refractivity contribution in [2.24, 2.45) is 11.7 Å². The SMILES string of the molecule is CC(C)CCOc1ccc(S(=O)(=O)NCC(C)(C)N)cc1. The Morgan fingerprint density at radius 2 is 1.81 bits per heavy atom. The monoisotopic (exact) mass is 314 g/mol. The molecular formula is C15H26N2O3S. The maximum Gasteiger partial charge on any atom is 0.240 e. The summed E-state index contributed by atoms with van der Waals surface area (Å²) >= 11 is 0. The first-order valence-electron chi connectivity index (χ1n) is 7.11. The van der Waals surface area contributed by atoms with Crippen molar-refractivity contribution in [3.63, 3.8) is 0 Å². The second-order valence-electron chi connectivity index (χ2n) is 6.32. The van der Waals surface area contributed by atoms with Crippen LogP contribution in [-0.2, 0) is 10.0 Å². The lowest BCUT2D eigenvalue weighted by molar-refractivity contribution is 0.289. The largest absolute Gasteiger partial charge is 0.494 e. The molecule has 120 valence electrons. The van der Waals surface area contributed by atoms with Gasteiger partial charge in [-0.1, -0.05) is 13.8 Å². The summed E-state index contributed by atoms with van der Waals surface area (Å²) < 4.78 is 32.2. The third-order valence-electron chi connectivity index (χ3n) is 2.82. The number of hydrogen-bond donors (Lipinski definition) is 2. The molecule has 1 aromatic carbocycles. The van der Waals surface area contributed by atoms with Crippen molar-refractivity contribution in [1.82, 2.24) is 4.72 Å². The lowest BCUT2D eigenvalue weighted by Gasteiger charge is -2.19. The van der Waals surface area contributed by atoms with Crippen molar-refractivity contribution in [2.45, 2.75) is 44.6 Å². The van der Waals surface area contributed by atoms with Gasteiger partial charge in [-0.3, -0.25) is 0 Å². The maximum absolute atomic E-state index is 12.1. The van der Waals surface area contributed by atoms with Gasteiger partial charge in [0.2, 0.25) is 10.0 Å². The Morgan fingerprint density at radius 3 is 2.29 bits per heavy atom. The minimum atomic E-state index is -3.53. The zero-order valence-electron chi connectivity index (χ0n) is 13.2. The molecule has 0 fully saturated rings. The molecule has 0 radical (unpaired) electrons. The highest BCUT2D eigenvalue weighted by molar-refractivity contribution is 7.89. The fourth-order valence-corrected chi connectivity index (χ4v) is 2.71. The summed E-state index contributed by atoms with van der Waals surface area (Å²) in [5.41, 5.74) is 5.19. The van der Waals surface area contributed by atoms with E-state index in [9.17, 15) is 8.42 Å². The van der Waals surface area contributed by atoms with E-state index in [2.05, 4.69) is 18.6 Å². The van der Waals surface area contributed by atoms with Crippen LogP contribution >= 0.6 is 0 Å². The lowest BCUT2D eigenvalue weighted by atomic mass is 10.1. The number of nitrogens with one attached hydrogen (secondary N) is 1. The van der Waals surface area contributed by atoms with Crippen molar-refractivity contribution in [3.8, 4) is 5.75 Å². The Bertz CT molecular complexity index is 531. The molecule has 0 aliphatic heterocycles. The molecule has 0 spiro atoms. The summed E-state index contributed by atoms with van der Waals surface area (Å²) in [4.78, 5) is 0.211. The van der Waals surface area contributed by atoms with Crippen LogP contribution in [0.3, 0.4) is 0 Å². The number of benzene rings is 1. The van der Waals surface area contributed by atoms with Crippen LogP contribution in [0.2, 0.25) is 0 Å². The van der Waals surface area contributed by atoms with Crippen LogP contribution < -0.4 is 15.2 Å². The Balaban J connectivity index is 2.64. The van der Waals surface area contributed by atoms with E-state index in [1.165, 1.54) is 12.1 Å². The van der Waals surface area contributed by atoms with Crippen LogP contribution in [0.4, 0.5) is 0 Å². The Kier molecular flexibility index (Phi) is 6.19. The maximum atomic E-state index is 12.1. The van der Waals surface area contributed by atoms with Gasteiger partial charge in [0.25, 0.3) is 0 Å². The Labute approximate surface area is 127 Å². The molecule has 0 aromatic heterocycles. The molecular weight excluding hydrogens is 288 g/mol. The first kappa shape index (κ1) is 17.9. The average molecular weight is 314 g/mol. The van der Waals surface area contributed by atoms with Gasteiger partial charge >= 0.3 is 0 Å². The summed E-state index contributed by atoms with van der Waals surface area (Å²) in [6.07, 6.45) is 0.965. The molecule has 0 aliphatic carbocycles. The molecule has 0 unspecified atom stereocenters. The molecule has 0 amide bonds. The lowest BCUT2D eigenvalue weighted by Crippen LogP contribution is -2.45. The number of ether oxygens (including phenoxy) is 1. The molecule has 0 bridgehead atoms. The Morgan fingerprint density at radius 1 is 1.24 bits per heavy atom. The normalized spacial score (nSPS) is 12.7. The zero-order chi connectivity index (χ0) is 16.1. The van der Waals surface area contributed by atoms with Gasteiger partial charge in [0.05, 0.1) is 11.5 Å². The summed E-state index contributed by atoms with van der Waals surface area (Å²) in [5, 5.41) is 0. The molecule has 3 N–H and O–H groups in total. The summed E-state index contributed by atoms with van der Waals surface area (Å²) in [6, 6.07) is 6.41. The fraction of sp³-hybridized carbons (Fsp3) is 0.600. The van der Waals surface area contributed by atoms with Crippen molar-refractivity contribution in [1.29, 1.82) is 0 Å². The van der Waals surface area contributed by atoms with Gasteiger partial charge < -0.3 is 10.5 Å². The summed E-state index contributed by atoms with van der Waals surface area (Å²) in [7, 11) is -3.53. The van der Waals surface area contributed by atoms with Gasteiger partial charge in [0, 0.05) is 12.1 Å². The van der Waals surface area contributed by atoms with E-state index in [1.807, 2.05) is 0 Å². The standard InChI is InChI=1S/C15H26N2O3S/c1-12(2)9-10-20-13-5-7-14(8-6-13)21(18,19)17-11-15(3,4)16/h5-8,12,17H,9-11,16H2,1-4H3. The van der Waals surface area contributed by atoms with Gasteiger partial charge in [-0.05, 0) is 50.5 Å².